The lowest BCUT2D eigenvalue weighted by Crippen LogP contribution is -2.38. The lowest BCUT2D eigenvalue weighted by atomic mass is 9.62. The van der Waals surface area contributed by atoms with Crippen molar-refractivity contribution < 1.29 is 0 Å². The summed E-state index contributed by atoms with van der Waals surface area (Å²) in [6.07, 6.45) is 0. The lowest BCUT2D eigenvalue weighted by molar-refractivity contribution is 0.730. The number of para-hydroxylation sites is 1. The van der Waals surface area contributed by atoms with Gasteiger partial charge in [-0.15, -0.1) is 11.3 Å². The number of fused-ring (bicyclic) bond motifs is 11. The Kier molecular flexibility index (Phi) is 8.18. The van der Waals surface area contributed by atoms with E-state index in [-0.39, 0.29) is 0 Å². The second kappa shape index (κ2) is 14.3. The van der Waals surface area contributed by atoms with Gasteiger partial charge in [0.05, 0.1) is 16.8 Å². The fourth-order valence-electron chi connectivity index (χ4n) is 10.4. The second-order valence-corrected chi connectivity index (χ2v) is 17.9. The Morgan fingerprint density at radius 3 is 1.52 bits per heavy atom. The van der Waals surface area contributed by atoms with Crippen molar-refractivity contribution in [2.75, 3.05) is 4.90 Å². The minimum atomic E-state index is -0.692. The van der Waals surface area contributed by atoms with E-state index < -0.39 is 5.41 Å². The molecular formula is C59H38N4S. The summed E-state index contributed by atoms with van der Waals surface area (Å²) < 4.78 is 2.46. The third-order valence-electron chi connectivity index (χ3n) is 13.2. The number of hydrogen-bond acceptors (Lipinski definition) is 5. The normalized spacial score (nSPS) is 13.2. The molecule has 3 heterocycles. The number of thiophene rings is 1. The molecule has 2 aromatic heterocycles. The molecule has 0 N–H and O–H groups in total. The zero-order valence-corrected chi connectivity index (χ0v) is 35.7. The number of hydrogen-bond donors (Lipinski definition) is 0. The molecule has 0 atom stereocenters. The predicted molar refractivity (Wildman–Crippen MR) is 267 cm³/mol. The van der Waals surface area contributed by atoms with Crippen LogP contribution in [0.5, 0.6) is 0 Å². The van der Waals surface area contributed by atoms with E-state index in [0.717, 1.165) is 33.6 Å². The molecule has 0 radical (unpaired) electrons. The summed E-state index contributed by atoms with van der Waals surface area (Å²) in [5, 5.41) is 10.2. The van der Waals surface area contributed by atoms with Crippen LogP contribution in [0.3, 0.4) is 0 Å². The molecule has 0 saturated heterocycles. The molecule has 64 heavy (non-hydrogen) atoms. The first kappa shape index (κ1) is 36.6. The molecule has 4 nitrogen and oxygen atoms in total. The highest BCUT2D eigenvalue weighted by atomic mass is 32.1. The average Bonchev–Trinajstić information content (AvgIpc) is 3.71. The highest BCUT2D eigenvalue weighted by Gasteiger charge is 2.47. The van der Waals surface area contributed by atoms with Crippen LogP contribution in [0.2, 0.25) is 0 Å². The van der Waals surface area contributed by atoms with Crippen LogP contribution in [-0.4, -0.2) is 15.0 Å². The van der Waals surface area contributed by atoms with Crippen LogP contribution in [0.15, 0.2) is 212 Å². The van der Waals surface area contributed by atoms with Gasteiger partial charge in [0.1, 0.15) is 0 Å². The maximum atomic E-state index is 5.37. The van der Waals surface area contributed by atoms with Gasteiger partial charge in [-0.3, -0.25) is 4.90 Å². The molecule has 5 heteroatoms. The maximum absolute atomic E-state index is 5.37. The Balaban J connectivity index is 1.17. The van der Waals surface area contributed by atoms with Crippen molar-refractivity contribution in [1.82, 2.24) is 15.0 Å². The summed E-state index contributed by atoms with van der Waals surface area (Å²) >= 11 is 1.86. The molecule has 0 spiro atoms. The lowest BCUT2D eigenvalue weighted by Gasteiger charge is -2.45. The number of benzene rings is 10. The van der Waals surface area contributed by atoms with Gasteiger partial charge in [0.25, 0.3) is 0 Å². The Hall–Kier alpha value is -7.99. The molecule has 0 aliphatic carbocycles. The molecule has 0 amide bonds. The Labute approximate surface area is 374 Å². The van der Waals surface area contributed by atoms with Crippen molar-refractivity contribution in [3.8, 4) is 22.8 Å². The van der Waals surface area contributed by atoms with Gasteiger partial charge in [-0.05, 0) is 91.8 Å². The summed E-state index contributed by atoms with van der Waals surface area (Å²) in [4.78, 5) is 18.2. The van der Waals surface area contributed by atoms with Gasteiger partial charge < -0.3 is 0 Å². The van der Waals surface area contributed by atoms with Gasteiger partial charge in [-0.2, -0.15) is 9.97 Å². The van der Waals surface area contributed by atoms with Crippen molar-refractivity contribution in [2.45, 2.75) is 12.3 Å². The zero-order chi connectivity index (χ0) is 42.4. The molecule has 0 bridgehead atoms. The van der Waals surface area contributed by atoms with Gasteiger partial charge in [0.15, 0.2) is 11.6 Å². The topological polar surface area (TPSA) is 41.9 Å². The molecule has 0 saturated carbocycles. The van der Waals surface area contributed by atoms with E-state index >= 15 is 0 Å². The van der Waals surface area contributed by atoms with E-state index in [2.05, 4.69) is 188 Å². The van der Waals surface area contributed by atoms with Crippen molar-refractivity contribution in [2.24, 2.45) is 0 Å². The number of nitrogens with zero attached hydrogens (tertiary/aromatic N) is 4. The molecular weight excluding hydrogens is 797 g/mol. The fraction of sp³-hybridized carbons (Fsp3) is 0.0339. The third kappa shape index (κ3) is 5.44. The highest BCUT2D eigenvalue weighted by Crippen LogP contribution is 2.59. The number of anilines is 3. The molecule has 0 fully saturated rings. The summed E-state index contributed by atoms with van der Waals surface area (Å²) in [5.74, 6) is 1.81. The number of rotatable bonds is 5. The summed E-state index contributed by atoms with van der Waals surface area (Å²) in [6.45, 7) is 2.18. The van der Waals surface area contributed by atoms with Crippen molar-refractivity contribution in [3.63, 3.8) is 0 Å². The predicted octanol–water partition coefficient (Wildman–Crippen LogP) is 15.5. The molecule has 1 aliphatic heterocycles. The van der Waals surface area contributed by atoms with E-state index in [0.29, 0.717) is 17.6 Å². The summed E-state index contributed by atoms with van der Waals surface area (Å²) in [7, 11) is 0. The smallest absolute Gasteiger partial charge is 0.238 e. The van der Waals surface area contributed by atoms with Crippen LogP contribution in [0.25, 0.3) is 75.3 Å². The van der Waals surface area contributed by atoms with Gasteiger partial charge in [0, 0.05) is 31.3 Å². The van der Waals surface area contributed by atoms with Gasteiger partial charge in [0.2, 0.25) is 5.95 Å². The second-order valence-electron chi connectivity index (χ2n) is 16.8. The van der Waals surface area contributed by atoms with Crippen LogP contribution in [0.4, 0.5) is 17.3 Å². The number of aromatic nitrogens is 3. The van der Waals surface area contributed by atoms with Gasteiger partial charge in [-0.25, -0.2) is 4.98 Å². The largest absolute Gasteiger partial charge is 0.278 e. The quantitative estimate of drug-likeness (QED) is 0.162. The van der Waals surface area contributed by atoms with E-state index in [9.17, 15) is 0 Å². The average molecular weight is 835 g/mol. The molecule has 300 valence electrons. The SMILES string of the molecule is Cc1ccc2c(c1)c1ccccc1c1cc3c(cc21)sc1cc2c(cc13)C(c1ccccc1)(c1ccccc1)c1ccccc1N2c1nc(-c2ccccc2)nc(-c2ccccc2)n1. The monoisotopic (exact) mass is 834 g/mol. The standard InChI is InChI=1S/C59H38N4S/c1-37-30-31-44-45(32-37)42-26-14-15-27-43(42)46-33-48-49-34-51-53(36-55(49)64-54(48)35-47(44)46)63(58-61-56(38-18-6-2-7-19-38)60-57(62-58)39-20-8-3-9-21-39)52-29-17-16-28-50(52)59(51,40-22-10-4-11-23-40)41-24-12-5-13-25-41/h2-36H,1H3. The zero-order valence-electron chi connectivity index (χ0n) is 34.9. The maximum Gasteiger partial charge on any atom is 0.238 e. The van der Waals surface area contributed by atoms with E-state index in [1.807, 2.05) is 47.7 Å². The first-order valence-corrected chi connectivity index (χ1v) is 22.6. The van der Waals surface area contributed by atoms with Crippen LogP contribution < -0.4 is 4.90 Å². The first-order valence-electron chi connectivity index (χ1n) is 21.8. The highest BCUT2D eigenvalue weighted by molar-refractivity contribution is 7.26. The summed E-state index contributed by atoms with van der Waals surface area (Å²) in [6, 6.07) is 76.9. The summed E-state index contributed by atoms with van der Waals surface area (Å²) in [5.41, 5.74) is 9.19. The Bertz CT molecular complexity index is 3690. The van der Waals surface area contributed by atoms with Crippen LogP contribution in [0, 0.1) is 6.92 Å². The number of aryl methyl sites for hydroxylation is 1. The van der Waals surface area contributed by atoms with E-state index in [4.69, 9.17) is 15.0 Å². The van der Waals surface area contributed by atoms with E-state index in [1.165, 1.54) is 69.2 Å². The first-order chi connectivity index (χ1) is 31.6. The Morgan fingerprint density at radius 1 is 0.375 bits per heavy atom. The van der Waals surface area contributed by atoms with E-state index in [1.54, 1.807) is 0 Å². The Morgan fingerprint density at radius 2 is 0.875 bits per heavy atom. The fourth-order valence-corrected chi connectivity index (χ4v) is 11.5. The van der Waals surface area contributed by atoms with Crippen molar-refractivity contribution >= 4 is 81.1 Å². The van der Waals surface area contributed by atoms with Crippen LogP contribution in [-0.2, 0) is 5.41 Å². The molecule has 10 aromatic carbocycles. The van der Waals surface area contributed by atoms with Gasteiger partial charge >= 0.3 is 0 Å². The minimum Gasteiger partial charge on any atom is -0.278 e. The molecule has 13 rings (SSSR count). The van der Waals surface area contributed by atoms with Crippen LogP contribution >= 0.6 is 11.3 Å². The molecule has 12 aromatic rings. The third-order valence-corrected chi connectivity index (χ3v) is 14.3. The molecule has 1 aliphatic rings. The van der Waals surface area contributed by atoms with Crippen molar-refractivity contribution in [3.05, 3.63) is 240 Å². The van der Waals surface area contributed by atoms with Crippen LogP contribution in [0.1, 0.15) is 27.8 Å². The van der Waals surface area contributed by atoms with Gasteiger partial charge in [-0.1, -0.05) is 188 Å². The van der Waals surface area contributed by atoms with Crippen molar-refractivity contribution in [1.29, 1.82) is 0 Å². The molecule has 0 unspecified atom stereocenters. The minimum absolute atomic E-state index is 0.565.